The minimum Gasteiger partial charge on any atom is -0.497 e. The lowest BCUT2D eigenvalue weighted by atomic mass is 10.1. The van der Waals surface area contributed by atoms with Crippen LogP contribution in [0.1, 0.15) is 16.8 Å². The third kappa shape index (κ3) is 2.10. The molecule has 1 aromatic heterocycles. The van der Waals surface area contributed by atoms with Gasteiger partial charge in [-0.05, 0) is 42.0 Å². The Hall–Kier alpha value is -1.92. The average Bonchev–Trinajstić information content (AvgIpc) is 3.08. The van der Waals surface area contributed by atoms with Gasteiger partial charge in [0.2, 0.25) is 5.16 Å². The Morgan fingerprint density at radius 2 is 2.09 bits per heavy atom. The van der Waals surface area contributed by atoms with E-state index in [2.05, 4.69) is 21.7 Å². The summed E-state index contributed by atoms with van der Waals surface area (Å²) in [6.45, 7) is 1.92. The highest BCUT2D eigenvalue weighted by molar-refractivity contribution is 7.99. The number of rotatable bonds is 2. The Balaban J connectivity index is 1.77. The van der Waals surface area contributed by atoms with Crippen LogP contribution in [-0.2, 0) is 0 Å². The zero-order valence-electron chi connectivity index (χ0n) is 12.0. The van der Waals surface area contributed by atoms with Crippen molar-refractivity contribution < 1.29 is 4.74 Å². The first kappa shape index (κ1) is 13.7. The molecule has 7 heteroatoms. The van der Waals surface area contributed by atoms with Gasteiger partial charge in [0.25, 0.3) is 0 Å². The Labute approximate surface area is 136 Å². The third-order valence-corrected chi connectivity index (χ3v) is 5.11. The number of thioether (sulfide) groups is 1. The van der Waals surface area contributed by atoms with E-state index < -0.39 is 0 Å². The first-order valence-corrected chi connectivity index (χ1v) is 8.04. The molecule has 1 atom stereocenters. The van der Waals surface area contributed by atoms with Crippen molar-refractivity contribution in [2.75, 3.05) is 12.5 Å². The minimum atomic E-state index is 0.0206. The number of nitrogens with zero attached hydrogens (tertiary/aromatic N) is 3. The summed E-state index contributed by atoms with van der Waals surface area (Å²) in [6, 6.07) is 10.0. The maximum absolute atomic E-state index is 6.48. The first-order chi connectivity index (χ1) is 10.7. The molecule has 0 bridgehead atoms. The number of aryl methyl sites for hydroxylation is 1. The second kappa shape index (κ2) is 5.07. The molecule has 1 aliphatic heterocycles. The van der Waals surface area contributed by atoms with Gasteiger partial charge in [0.05, 0.1) is 7.11 Å². The van der Waals surface area contributed by atoms with E-state index in [4.69, 9.17) is 16.3 Å². The first-order valence-electron chi connectivity index (χ1n) is 6.78. The van der Waals surface area contributed by atoms with Crippen molar-refractivity contribution in [1.29, 1.82) is 0 Å². The van der Waals surface area contributed by atoms with E-state index in [9.17, 15) is 0 Å². The molecule has 0 fully saturated rings. The van der Waals surface area contributed by atoms with Crippen molar-refractivity contribution in [2.45, 2.75) is 17.5 Å². The molecule has 0 saturated carbocycles. The van der Waals surface area contributed by atoms with Crippen LogP contribution >= 0.6 is 23.4 Å². The molecule has 0 saturated heterocycles. The highest BCUT2D eigenvalue weighted by Crippen LogP contribution is 2.42. The van der Waals surface area contributed by atoms with Crippen LogP contribution in [0.5, 0.6) is 5.75 Å². The second-order valence-electron chi connectivity index (χ2n) is 5.08. The smallest absolute Gasteiger partial charge is 0.212 e. The second-order valence-corrected chi connectivity index (χ2v) is 6.56. The SMILES string of the molecule is COc1ccc2cc(Cl)c(C3Nn4c(C)nnc4S3)cc2c1. The molecule has 3 aromatic rings. The molecule has 5 nitrogen and oxygen atoms in total. The van der Waals surface area contributed by atoms with Gasteiger partial charge in [0.1, 0.15) is 16.9 Å². The fourth-order valence-corrected chi connectivity index (χ4v) is 3.96. The topological polar surface area (TPSA) is 52.0 Å². The quantitative estimate of drug-likeness (QED) is 0.774. The van der Waals surface area contributed by atoms with Crippen LogP contribution in [0.25, 0.3) is 10.8 Å². The minimum absolute atomic E-state index is 0.0206. The summed E-state index contributed by atoms with van der Waals surface area (Å²) < 4.78 is 7.19. The highest BCUT2D eigenvalue weighted by atomic mass is 35.5. The number of ether oxygens (including phenoxy) is 1. The molecule has 0 spiro atoms. The van der Waals surface area contributed by atoms with Crippen molar-refractivity contribution in [3.63, 3.8) is 0 Å². The normalized spacial score (nSPS) is 16.6. The van der Waals surface area contributed by atoms with Crippen molar-refractivity contribution in [3.05, 3.63) is 46.7 Å². The largest absolute Gasteiger partial charge is 0.497 e. The zero-order chi connectivity index (χ0) is 15.3. The lowest BCUT2D eigenvalue weighted by Gasteiger charge is -2.14. The number of hydrogen-bond acceptors (Lipinski definition) is 5. The van der Waals surface area contributed by atoms with Gasteiger partial charge in [-0.15, -0.1) is 10.2 Å². The molecular weight excluding hydrogens is 320 g/mol. The number of halogens is 1. The molecule has 1 aliphatic rings. The highest BCUT2D eigenvalue weighted by Gasteiger charge is 2.28. The lowest BCUT2D eigenvalue weighted by Crippen LogP contribution is -2.14. The summed E-state index contributed by atoms with van der Waals surface area (Å²) in [4.78, 5) is 0. The molecule has 112 valence electrons. The molecule has 0 radical (unpaired) electrons. The van der Waals surface area contributed by atoms with Crippen LogP contribution in [0, 0.1) is 6.92 Å². The van der Waals surface area contributed by atoms with Crippen LogP contribution in [0.4, 0.5) is 0 Å². The van der Waals surface area contributed by atoms with Crippen LogP contribution < -0.4 is 10.2 Å². The maximum atomic E-state index is 6.48. The zero-order valence-corrected chi connectivity index (χ0v) is 13.6. The Morgan fingerprint density at radius 1 is 1.23 bits per heavy atom. The number of fused-ring (bicyclic) bond motifs is 2. The third-order valence-electron chi connectivity index (χ3n) is 3.71. The summed E-state index contributed by atoms with van der Waals surface area (Å²) in [6.07, 6.45) is 0. The summed E-state index contributed by atoms with van der Waals surface area (Å²) >= 11 is 8.08. The molecule has 1 N–H and O–H groups in total. The number of methoxy groups -OCH3 is 1. The van der Waals surface area contributed by atoms with Gasteiger partial charge in [0.15, 0.2) is 0 Å². The maximum Gasteiger partial charge on any atom is 0.212 e. The fourth-order valence-electron chi connectivity index (χ4n) is 2.54. The van der Waals surface area contributed by atoms with E-state index in [1.54, 1.807) is 18.9 Å². The van der Waals surface area contributed by atoms with Crippen LogP contribution in [0.15, 0.2) is 35.5 Å². The van der Waals surface area contributed by atoms with E-state index in [1.165, 1.54) is 0 Å². The molecular formula is C15H13ClN4OS. The standard InChI is InChI=1S/C15H13ClN4OS/c1-8-17-18-15-20(8)19-14(22-15)12-6-10-5-11(21-2)4-3-9(10)7-13(12)16/h3-7,14,19H,1-2H3. The monoisotopic (exact) mass is 332 g/mol. The predicted molar refractivity (Wildman–Crippen MR) is 88.2 cm³/mol. The number of aromatic nitrogens is 3. The summed E-state index contributed by atoms with van der Waals surface area (Å²) in [5, 5.41) is 12.0. The van der Waals surface area contributed by atoms with Crippen molar-refractivity contribution >= 4 is 34.1 Å². The molecule has 4 rings (SSSR count). The summed E-state index contributed by atoms with van der Waals surface area (Å²) in [5.74, 6) is 1.67. The van der Waals surface area contributed by atoms with E-state index >= 15 is 0 Å². The van der Waals surface area contributed by atoms with Gasteiger partial charge >= 0.3 is 0 Å². The van der Waals surface area contributed by atoms with Gasteiger partial charge in [-0.25, -0.2) is 4.68 Å². The molecule has 2 heterocycles. The van der Waals surface area contributed by atoms with Crippen molar-refractivity contribution in [1.82, 2.24) is 14.9 Å². The van der Waals surface area contributed by atoms with Crippen LogP contribution in [0.3, 0.4) is 0 Å². The van der Waals surface area contributed by atoms with Crippen LogP contribution in [0.2, 0.25) is 5.02 Å². The Bertz CT molecular complexity index is 879. The number of hydrogen-bond donors (Lipinski definition) is 1. The van der Waals surface area contributed by atoms with E-state index in [1.807, 2.05) is 35.9 Å². The average molecular weight is 333 g/mol. The van der Waals surface area contributed by atoms with Gasteiger partial charge < -0.3 is 10.2 Å². The van der Waals surface area contributed by atoms with E-state index in [0.29, 0.717) is 0 Å². The Kier molecular flexibility index (Phi) is 3.16. The molecule has 1 unspecified atom stereocenters. The van der Waals surface area contributed by atoms with E-state index in [-0.39, 0.29) is 5.37 Å². The molecule has 2 aromatic carbocycles. The summed E-state index contributed by atoms with van der Waals surface area (Å²) in [7, 11) is 1.67. The van der Waals surface area contributed by atoms with Gasteiger partial charge in [-0.2, -0.15) is 0 Å². The van der Waals surface area contributed by atoms with Gasteiger partial charge in [-0.1, -0.05) is 29.4 Å². The fraction of sp³-hybridized carbons (Fsp3) is 0.200. The van der Waals surface area contributed by atoms with Gasteiger partial charge in [0, 0.05) is 10.6 Å². The van der Waals surface area contributed by atoms with Crippen molar-refractivity contribution in [2.24, 2.45) is 0 Å². The number of nitrogens with one attached hydrogen (secondary N) is 1. The predicted octanol–water partition coefficient (Wildman–Crippen LogP) is 3.75. The lowest BCUT2D eigenvalue weighted by molar-refractivity contribution is 0.415. The molecule has 0 aliphatic carbocycles. The molecule has 0 amide bonds. The van der Waals surface area contributed by atoms with Crippen LogP contribution in [-0.4, -0.2) is 22.0 Å². The van der Waals surface area contributed by atoms with Crippen molar-refractivity contribution in [3.8, 4) is 5.75 Å². The summed E-state index contributed by atoms with van der Waals surface area (Å²) in [5.41, 5.74) is 4.40. The Morgan fingerprint density at radius 3 is 2.86 bits per heavy atom. The van der Waals surface area contributed by atoms with Gasteiger partial charge in [-0.3, -0.25) is 0 Å². The number of benzene rings is 2. The van der Waals surface area contributed by atoms with E-state index in [0.717, 1.165) is 38.1 Å². The molecule has 22 heavy (non-hydrogen) atoms.